The predicted octanol–water partition coefficient (Wildman–Crippen LogP) is 3.97. The molecule has 0 aromatic heterocycles. The molecule has 0 heterocycles. The molecule has 2 aromatic carbocycles. The number of Topliss-reactive ketones (excluding diaryl/α,β-unsaturated/α-hetero) is 1. The molecule has 2 rings (SSSR count). The Kier molecular flexibility index (Phi) is 6.03. The zero-order chi connectivity index (χ0) is 18.2. The number of halogens is 1. The van der Waals surface area contributed by atoms with E-state index in [1.54, 1.807) is 18.2 Å². The maximum absolute atomic E-state index is 13.7. The smallest absolute Gasteiger partial charge is 0.206 e. The van der Waals surface area contributed by atoms with Crippen LogP contribution in [0, 0.1) is 28.5 Å². The van der Waals surface area contributed by atoms with Crippen LogP contribution < -0.4 is 4.90 Å². The number of carbonyl (C=O) groups excluding carboxylic acids is 1. The zero-order valence-electron chi connectivity index (χ0n) is 13.7. The van der Waals surface area contributed by atoms with E-state index in [-0.39, 0.29) is 11.1 Å². The lowest BCUT2D eigenvalue weighted by Gasteiger charge is -2.17. The molecule has 2 aromatic rings. The fraction of sp³-hybridized carbons (Fsp3) is 0.150. The number of rotatable bonds is 6. The standard InChI is InChI=1S/C20H16FN3O/c1-24(12-4-11-22)17-9-7-15(8-10-17)13-16(14-23)20(25)18-5-2-3-6-19(18)21/h2-3,5-10,13H,4,12H2,1H3/b16-13+. The molecule has 0 unspecified atom stereocenters. The van der Waals surface area contributed by atoms with Gasteiger partial charge < -0.3 is 4.90 Å². The first-order valence-corrected chi connectivity index (χ1v) is 7.66. The van der Waals surface area contributed by atoms with Gasteiger partial charge in [-0.15, -0.1) is 0 Å². The van der Waals surface area contributed by atoms with E-state index in [9.17, 15) is 14.4 Å². The Labute approximate surface area is 146 Å². The number of anilines is 1. The van der Waals surface area contributed by atoms with Crippen molar-refractivity contribution >= 4 is 17.5 Å². The fourth-order valence-corrected chi connectivity index (χ4v) is 2.28. The number of carbonyl (C=O) groups is 1. The molecule has 124 valence electrons. The third kappa shape index (κ3) is 4.53. The summed E-state index contributed by atoms with van der Waals surface area (Å²) in [5.41, 5.74) is 1.34. The quantitative estimate of drug-likeness (QED) is 0.456. The highest BCUT2D eigenvalue weighted by Crippen LogP contribution is 2.18. The van der Waals surface area contributed by atoms with Crippen LogP contribution in [0.2, 0.25) is 0 Å². The third-order valence-corrected chi connectivity index (χ3v) is 3.69. The van der Waals surface area contributed by atoms with Crippen LogP contribution in [0.5, 0.6) is 0 Å². The van der Waals surface area contributed by atoms with E-state index in [0.717, 1.165) is 5.69 Å². The second kappa shape index (κ2) is 8.42. The van der Waals surface area contributed by atoms with Crippen molar-refractivity contribution in [2.45, 2.75) is 6.42 Å². The Bertz CT molecular complexity index is 873. The summed E-state index contributed by atoms with van der Waals surface area (Å²) in [5.74, 6) is -1.29. The number of nitrogens with zero attached hydrogens (tertiary/aromatic N) is 3. The van der Waals surface area contributed by atoms with E-state index in [0.29, 0.717) is 18.5 Å². The van der Waals surface area contributed by atoms with Gasteiger partial charge in [0.25, 0.3) is 0 Å². The molecule has 0 aliphatic rings. The van der Waals surface area contributed by atoms with E-state index in [4.69, 9.17) is 5.26 Å². The number of ketones is 1. The monoisotopic (exact) mass is 333 g/mol. The van der Waals surface area contributed by atoms with Gasteiger partial charge in [-0.05, 0) is 35.9 Å². The summed E-state index contributed by atoms with van der Waals surface area (Å²) in [6.07, 6.45) is 1.86. The first kappa shape index (κ1) is 17.9. The topological polar surface area (TPSA) is 67.9 Å². The molecular formula is C20H16FN3O. The zero-order valence-corrected chi connectivity index (χ0v) is 13.7. The molecule has 0 atom stereocenters. The average Bonchev–Trinajstić information content (AvgIpc) is 2.64. The SMILES string of the molecule is CN(CCC#N)c1ccc(/C=C(\C#N)C(=O)c2ccccc2F)cc1. The van der Waals surface area contributed by atoms with Crippen molar-refractivity contribution in [2.75, 3.05) is 18.5 Å². The average molecular weight is 333 g/mol. The molecule has 0 aliphatic carbocycles. The molecule has 0 saturated heterocycles. The van der Waals surface area contributed by atoms with Crippen LogP contribution in [0.4, 0.5) is 10.1 Å². The summed E-state index contributed by atoms with van der Waals surface area (Å²) in [4.78, 5) is 14.3. The summed E-state index contributed by atoms with van der Waals surface area (Å²) in [6, 6.07) is 16.7. The molecule has 0 saturated carbocycles. The van der Waals surface area contributed by atoms with Crippen LogP contribution in [0.1, 0.15) is 22.3 Å². The van der Waals surface area contributed by atoms with Gasteiger partial charge in [0.05, 0.1) is 18.1 Å². The highest BCUT2D eigenvalue weighted by molar-refractivity contribution is 6.14. The molecule has 25 heavy (non-hydrogen) atoms. The minimum atomic E-state index is -0.650. The van der Waals surface area contributed by atoms with Crippen LogP contribution in [-0.2, 0) is 0 Å². The Morgan fingerprint density at radius 1 is 1.16 bits per heavy atom. The van der Waals surface area contributed by atoms with Gasteiger partial charge in [-0.3, -0.25) is 4.79 Å². The summed E-state index contributed by atoms with van der Waals surface area (Å²) < 4.78 is 13.7. The molecule has 0 spiro atoms. The molecule has 0 fully saturated rings. The fourth-order valence-electron chi connectivity index (χ4n) is 2.28. The van der Waals surface area contributed by atoms with Crippen molar-refractivity contribution in [2.24, 2.45) is 0 Å². The number of hydrogen-bond acceptors (Lipinski definition) is 4. The summed E-state index contributed by atoms with van der Waals surface area (Å²) in [7, 11) is 1.88. The number of hydrogen-bond donors (Lipinski definition) is 0. The summed E-state index contributed by atoms with van der Waals surface area (Å²) in [6.45, 7) is 0.612. The Hall–Kier alpha value is -3.44. The highest BCUT2D eigenvalue weighted by atomic mass is 19.1. The Balaban J connectivity index is 2.23. The van der Waals surface area contributed by atoms with E-state index >= 15 is 0 Å². The predicted molar refractivity (Wildman–Crippen MR) is 94.3 cm³/mol. The van der Waals surface area contributed by atoms with Gasteiger partial charge in [-0.1, -0.05) is 24.3 Å². The van der Waals surface area contributed by atoms with E-state index in [1.807, 2.05) is 30.1 Å². The second-order valence-electron chi connectivity index (χ2n) is 5.40. The highest BCUT2D eigenvalue weighted by Gasteiger charge is 2.15. The van der Waals surface area contributed by atoms with Crippen LogP contribution in [-0.4, -0.2) is 19.4 Å². The first-order chi connectivity index (χ1) is 12.1. The second-order valence-corrected chi connectivity index (χ2v) is 5.40. The van der Waals surface area contributed by atoms with Crippen molar-refractivity contribution < 1.29 is 9.18 Å². The molecule has 0 bridgehead atoms. The van der Waals surface area contributed by atoms with Crippen molar-refractivity contribution in [3.05, 3.63) is 71.0 Å². The van der Waals surface area contributed by atoms with E-state index < -0.39 is 11.6 Å². The van der Waals surface area contributed by atoms with Crippen molar-refractivity contribution in [1.29, 1.82) is 10.5 Å². The van der Waals surface area contributed by atoms with Crippen molar-refractivity contribution in [1.82, 2.24) is 0 Å². The van der Waals surface area contributed by atoms with Gasteiger partial charge in [0.2, 0.25) is 5.78 Å². The number of allylic oxidation sites excluding steroid dienone is 1. The van der Waals surface area contributed by atoms with Gasteiger partial charge in [0.1, 0.15) is 17.5 Å². The molecular weight excluding hydrogens is 317 g/mol. The Morgan fingerprint density at radius 2 is 1.84 bits per heavy atom. The largest absolute Gasteiger partial charge is 0.374 e. The van der Waals surface area contributed by atoms with E-state index in [2.05, 4.69) is 6.07 Å². The first-order valence-electron chi connectivity index (χ1n) is 7.66. The van der Waals surface area contributed by atoms with Gasteiger partial charge in [-0.25, -0.2) is 4.39 Å². The number of nitriles is 2. The van der Waals surface area contributed by atoms with Crippen molar-refractivity contribution in [3.8, 4) is 12.1 Å². The molecule has 0 radical (unpaired) electrons. The lowest BCUT2D eigenvalue weighted by atomic mass is 10.0. The lowest BCUT2D eigenvalue weighted by Crippen LogP contribution is -2.17. The Morgan fingerprint density at radius 3 is 2.44 bits per heavy atom. The van der Waals surface area contributed by atoms with Gasteiger partial charge in [0, 0.05) is 19.3 Å². The van der Waals surface area contributed by atoms with E-state index in [1.165, 1.54) is 24.3 Å². The summed E-state index contributed by atoms with van der Waals surface area (Å²) >= 11 is 0. The minimum absolute atomic E-state index is 0.122. The molecule has 5 heteroatoms. The van der Waals surface area contributed by atoms with Crippen molar-refractivity contribution in [3.63, 3.8) is 0 Å². The normalized spacial score (nSPS) is 10.6. The van der Waals surface area contributed by atoms with Gasteiger partial charge in [-0.2, -0.15) is 10.5 Å². The summed E-state index contributed by atoms with van der Waals surface area (Å²) in [5, 5.41) is 17.9. The molecule has 0 aliphatic heterocycles. The van der Waals surface area contributed by atoms with Crippen LogP contribution >= 0.6 is 0 Å². The van der Waals surface area contributed by atoms with Crippen LogP contribution in [0.15, 0.2) is 54.1 Å². The van der Waals surface area contributed by atoms with Gasteiger partial charge >= 0.3 is 0 Å². The number of benzene rings is 2. The van der Waals surface area contributed by atoms with Gasteiger partial charge in [0.15, 0.2) is 0 Å². The minimum Gasteiger partial charge on any atom is -0.374 e. The third-order valence-electron chi connectivity index (χ3n) is 3.69. The van der Waals surface area contributed by atoms with Crippen LogP contribution in [0.25, 0.3) is 6.08 Å². The maximum Gasteiger partial charge on any atom is 0.206 e. The lowest BCUT2D eigenvalue weighted by molar-refractivity contribution is 0.103. The van der Waals surface area contributed by atoms with Crippen LogP contribution in [0.3, 0.4) is 0 Å². The molecule has 0 amide bonds. The maximum atomic E-state index is 13.7. The molecule has 0 N–H and O–H groups in total. The molecule has 4 nitrogen and oxygen atoms in total.